The maximum Gasteiger partial charge on any atom is 0.265 e. The Hall–Kier alpha value is -2.27. The molecule has 1 amide bonds. The molecule has 0 bridgehead atoms. The average molecular weight is 329 g/mol. The van der Waals surface area contributed by atoms with Crippen LogP contribution < -0.4 is 5.32 Å². The lowest BCUT2D eigenvalue weighted by molar-refractivity contribution is -0.112. The minimum atomic E-state index is -0.319. The van der Waals surface area contributed by atoms with Crippen LogP contribution in [0.25, 0.3) is 11.1 Å². The van der Waals surface area contributed by atoms with Gasteiger partial charge < -0.3 is 10.1 Å². The number of carbonyl (C=O) groups excluding carboxylic acids is 1. The van der Waals surface area contributed by atoms with E-state index in [2.05, 4.69) is 5.32 Å². The van der Waals surface area contributed by atoms with Gasteiger partial charge in [0.05, 0.1) is 6.61 Å². The number of ether oxygens (including phenoxy) is 1. The van der Waals surface area contributed by atoms with E-state index in [0.717, 1.165) is 5.75 Å². The molecule has 0 aliphatic carbocycles. The van der Waals surface area contributed by atoms with Crippen LogP contribution in [0.4, 0.5) is 10.1 Å². The van der Waals surface area contributed by atoms with Crippen LogP contribution in [-0.4, -0.2) is 18.3 Å². The Balaban J connectivity index is 1.93. The lowest BCUT2D eigenvalue weighted by atomic mass is 10.0. The first-order chi connectivity index (χ1) is 11.2. The van der Waals surface area contributed by atoms with E-state index in [1.807, 2.05) is 12.1 Å². The van der Waals surface area contributed by atoms with Crippen molar-refractivity contribution in [3.63, 3.8) is 0 Å². The first kappa shape index (κ1) is 15.6. The summed E-state index contributed by atoms with van der Waals surface area (Å²) in [5, 5.41) is 2.87. The fraction of sp³-hybridized carbons (Fsp3) is 0.167. The van der Waals surface area contributed by atoms with Gasteiger partial charge in [0, 0.05) is 22.6 Å². The molecule has 0 spiro atoms. The summed E-state index contributed by atoms with van der Waals surface area (Å²) in [4.78, 5) is 13.1. The Kier molecular flexibility index (Phi) is 4.67. The van der Waals surface area contributed by atoms with Crippen LogP contribution in [0.5, 0.6) is 0 Å². The number of hydrogen-bond donors (Lipinski definition) is 1. The van der Waals surface area contributed by atoms with E-state index in [1.54, 1.807) is 37.3 Å². The summed E-state index contributed by atoms with van der Waals surface area (Å²) in [6, 6.07) is 13.7. The molecule has 1 aliphatic heterocycles. The number of amides is 1. The zero-order chi connectivity index (χ0) is 16.2. The van der Waals surface area contributed by atoms with Crippen molar-refractivity contribution in [3.05, 3.63) is 65.0 Å². The van der Waals surface area contributed by atoms with Crippen molar-refractivity contribution in [1.82, 2.24) is 0 Å². The van der Waals surface area contributed by atoms with Gasteiger partial charge in [-0.2, -0.15) is 0 Å². The number of nitrogens with one attached hydrogen (secondary N) is 1. The fourth-order valence-corrected chi connectivity index (χ4v) is 3.23. The molecule has 2 aromatic rings. The summed E-state index contributed by atoms with van der Waals surface area (Å²) in [6.07, 6.45) is 0. The predicted octanol–water partition coefficient (Wildman–Crippen LogP) is 4.43. The number of allylic oxidation sites excluding steroid dienone is 1. The molecule has 1 heterocycles. The van der Waals surface area contributed by atoms with Gasteiger partial charge in [-0.3, -0.25) is 4.79 Å². The number of hydrogen-bond acceptors (Lipinski definition) is 3. The summed E-state index contributed by atoms with van der Waals surface area (Å²) >= 11 is 1.47. The van der Waals surface area contributed by atoms with E-state index in [1.165, 1.54) is 17.8 Å². The molecule has 0 fully saturated rings. The number of para-hydroxylation sites is 1. The highest BCUT2D eigenvalue weighted by atomic mass is 32.2. The van der Waals surface area contributed by atoms with Gasteiger partial charge in [-0.25, -0.2) is 4.39 Å². The molecule has 0 aromatic heterocycles. The van der Waals surface area contributed by atoms with Gasteiger partial charge in [-0.15, -0.1) is 11.8 Å². The van der Waals surface area contributed by atoms with Gasteiger partial charge in [0.2, 0.25) is 0 Å². The second-order valence-electron chi connectivity index (χ2n) is 5.06. The minimum Gasteiger partial charge on any atom is -0.496 e. The molecule has 0 unspecified atom stereocenters. The molecule has 1 aliphatic rings. The largest absolute Gasteiger partial charge is 0.496 e. The molecule has 0 atom stereocenters. The van der Waals surface area contributed by atoms with E-state index in [9.17, 15) is 9.18 Å². The molecule has 0 saturated heterocycles. The molecule has 3 nitrogen and oxygen atoms in total. The summed E-state index contributed by atoms with van der Waals surface area (Å²) in [6.45, 7) is 2.39. The summed E-state index contributed by atoms with van der Waals surface area (Å²) in [5.41, 5.74) is 1.69. The first-order valence-corrected chi connectivity index (χ1v) is 8.27. The smallest absolute Gasteiger partial charge is 0.265 e. The van der Waals surface area contributed by atoms with Crippen molar-refractivity contribution in [1.29, 1.82) is 0 Å². The van der Waals surface area contributed by atoms with Crippen LogP contribution in [-0.2, 0) is 9.53 Å². The zero-order valence-electron chi connectivity index (χ0n) is 12.6. The van der Waals surface area contributed by atoms with E-state index in [0.29, 0.717) is 34.1 Å². The van der Waals surface area contributed by atoms with E-state index < -0.39 is 0 Å². The molecule has 5 heteroatoms. The summed E-state index contributed by atoms with van der Waals surface area (Å²) in [5.74, 6) is 0.827. The fourth-order valence-electron chi connectivity index (χ4n) is 2.42. The molecular formula is C18H16FNO2S. The number of rotatable bonds is 3. The Bertz CT molecular complexity index is 773. The Labute approximate surface area is 138 Å². The highest BCUT2D eigenvalue weighted by Crippen LogP contribution is 2.32. The van der Waals surface area contributed by atoms with Gasteiger partial charge in [0.15, 0.2) is 0 Å². The van der Waals surface area contributed by atoms with Gasteiger partial charge in [-0.05, 0) is 19.1 Å². The molecule has 1 N–H and O–H groups in total. The third-order valence-corrected chi connectivity index (χ3v) is 4.65. The van der Waals surface area contributed by atoms with Crippen molar-refractivity contribution in [3.8, 4) is 11.1 Å². The van der Waals surface area contributed by atoms with Gasteiger partial charge in [-0.1, -0.05) is 36.4 Å². The van der Waals surface area contributed by atoms with Crippen LogP contribution in [0.3, 0.4) is 0 Å². The third kappa shape index (κ3) is 3.40. The van der Waals surface area contributed by atoms with E-state index in [-0.39, 0.29) is 11.7 Å². The molecular weight excluding hydrogens is 313 g/mol. The van der Waals surface area contributed by atoms with Crippen LogP contribution in [0.1, 0.15) is 6.92 Å². The van der Waals surface area contributed by atoms with Crippen LogP contribution in [0.15, 0.2) is 59.2 Å². The van der Waals surface area contributed by atoms with Crippen molar-refractivity contribution in [2.45, 2.75) is 6.92 Å². The molecule has 0 radical (unpaired) electrons. The maximum atomic E-state index is 14.1. The number of thioether (sulfide) groups is 1. The number of carbonyl (C=O) groups is 1. The highest BCUT2D eigenvalue weighted by Gasteiger charge is 2.20. The monoisotopic (exact) mass is 329 g/mol. The normalized spacial score (nSPS) is 14.3. The Morgan fingerprint density at radius 3 is 2.57 bits per heavy atom. The SMILES string of the molecule is CC1=C(C(=O)Nc2ccccc2-c2ccccc2F)SCCO1. The summed E-state index contributed by atoms with van der Waals surface area (Å²) in [7, 11) is 0. The standard InChI is InChI=1S/C18H16FNO2S/c1-12-17(23-11-10-22-12)18(21)20-16-9-5-3-7-14(16)13-6-2-4-8-15(13)19/h2-9H,10-11H2,1H3,(H,20,21). The molecule has 3 rings (SSSR count). The topological polar surface area (TPSA) is 38.3 Å². The summed E-state index contributed by atoms with van der Waals surface area (Å²) < 4.78 is 19.5. The first-order valence-electron chi connectivity index (χ1n) is 7.28. The van der Waals surface area contributed by atoms with Crippen LogP contribution >= 0.6 is 11.8 Å². The molecule has 118 valence electrons. The second-order valence-corrected chi connectivity index (χ2v) is 6.17. The predicted molar refractivity (Wildman–Crippen MR) is 91.6 cm³/mol. The number of halogens is 1. The second kappa shape index (κ2) is 6.87. The Morgan fingerprint density at radius 1 is 1.13 bits per heavy atom. The van der Waals surface area contributed by atoms with Gasteiger partial charge in [0.25, 0.3) is 5.91 Å². The van der Waals surface area contributed by atoms with Crippen molar-refractivity contribution >= 4 is 23.4 Å². The highest BCUT2D eigenvalue weighted by molar-refractivity contribution is 8.04. The van der Waals surface area contributed by atoms with Gasteiger partial charge in [0.1, 0.15) is 16.5 Å². The maximum absolute atomic E-state index is 14.1. The minimum absolute atomic E-state index is 0.226. The van der Waals surface area contributed by atoms with Crippen molar-refractivity contribution < 1.29 is 13.9 Å². The average Bonchev–Trinajstić information content (AvgIpc) is 2.56. The molecule has 23 heavy (non-hydrogen) atoms. The lowest BCUT2D eigenvalue weighted by Gasteiger charge is -2.18. The van der Waals surface area contributed by atoms with Crippen molar-refractivity contribution in [2.75, 3.05) is 17.7 Å². The Morgan fingerprint density at radius 2 is 1.83 bits per heavy atom. The zero-order valence-corrected chi connectivity index (χ0v) is 13.5. The van der Waals surface area contributed by atoms with Crippen molar-refractivity contribution in [2.24, 2.45) is 0 Å². The van der Waals surface area contributed by atoms with Crippen LogP contribution in [0.2, 0.25) is 0 Å². The number of benzene rings is 2. The molecule has 0 saturated carbocycles. The quantitative estimate of drug-likeness (QED) is 0.905. The lowest BCUT2D eigenvalue weighted by Crippen LogP contribution is -2.18. The molecule has 2 aromatic carbocycles. The van der Waals surface area contributed by atoms with Gasteiger partial charge >= 0.3 is 0 Å². The third-order valence-electron chi connectivity index (χ3n) is 3.51. The van der Waals surface area contributed by atoms with Crippen LogP contribution in [0, 0.1) is 5.82 Å². The number of anilines is 1. The van der Waals surface area contributed by atoms with E-state index >= 15 is 0 Å². The van der Waals surface area contributed by atoms with E-state index in [4.69, 9.17) is 4.74 Å².